The van der Waals surface area contributed by atoms with Crippen LogP contribution in [-0.2, 0) is 6.54 Å². The molecule has 1 heterocycles. The summed E-state index contributed by atoms with van der Waals surface area (Å²) in [4.78, 5) is 6.56. The number of hydrogen-bond acceptors (Lipinski definition) is 3. The molecule has 0 amide bonds. The molecule has 16 heavy (non-hydrogen) atoms. The van der Waals surface area contributed by atoms with E-state index in [9.17, 15) is 0 Å². The van der Waals surface area contributed by atoms with E-state index in [-0.39, 0.29) is 0 Å². The lowest BCUT2D eigenvalue weighted by atomic mass is 10.1. The Hall–Kier alpha value is -0.540. The number of rotatable bonds is 6. The molecule has 0 aliphatic heterocycles. The molecule has 1 aromatic heterocycles. The van der Waals surface area contributed by atoms with Crippen molar-refractivity contribution in [1.29, 1.82) is 0 Å². The van der Waals surface area contributed by atoms with Gasteiger partial charge in [0.05, 0.1) is 0 Å². The van der Waals surface area contributed by atoms with E-state index in [2.05, 4.69) is 41.6 Å². The SMILES string of the molecule is CCN(Cc1ccncc1)CC1(CS)CC1. The van der Waals surface area contributed by atoms with Gasteiger partial charge in [-0.3, -0.25) is 9.88 Å². The molecule has 0 saturated heterocycles. The third-order valence-corrected chi connectivity index (χ3v) is 4.13. The summed E-state index contributed by atoms with van der Waals surface area (Å²) in [5.74, 6) is 1.03. The molecule has 2 nitrogen and oxygen atoms in total. The maximum absolute atomic E-state index is 4.47. The topological polar surface area (TPSA) is 16.1 Å². The molecule has 0 aromatic carbocycles. The summed E-state index contributed by atoms with van der Waals surface area (Å²) in [5, 5.41) is 0. The first-order valence-corrected chi connectivity index (χ1v) is 6.63. The van der Waals surface area contributed by atoms with Crippen LogP contribution in [0.3, 0.4) is 0 Å². The van der Waals surface area contributed by atoms with Crippen LogP contribution in [0.5, 0.6) is 0 Å². The first kappa shape index (κ1) is 11.9. The van der Waals surface area contributed by atoms with Crippen molar-refractivity contribution in [2.75, 3.05) is 18.8 Å². The van der Waals surface area contributed by atoms with Gasteiger partial charge in [0.25, 0.3) is 0 Å². The second-order valence-corrected chi connectivity index (χ2v) is 5.13. The summed E-state index contributed by atoms with van der Waals surface area (Å²) in [6, 6.07) is 4.20. The van der Waals surface area contributed by atoms with Crippen molar-refractivity contribution in [2.45, 2.75) is 26.3 Å². The molecule has 0 spiro atoms. The third-order valence-electron chi connectivity index (χ3n) is 3.45. The predicted molar refractivity (Wildman–Crippen MR) is 70.7 cm³/mol. The van der Waals surface area contributed by atoms with Gasteiger partial charge in [0.2, 0.25) is 0 Å². The summed E-state index contributed by atoms with van der Waals surface area (Å²) in [7, 11) is 0. The molecule has 2 rings (SSSR count). The molecule has 1 aliphatic carbocycles. The van der Waals surface area contributed by atoms with Gasteiger partial charge < -0.3 is 0 Å². The molecule has 1 aliphatic rings. The van der Waals surface area contributed by atoms with Crippen molar-refractivity contribution in [3.8, 4) is 0 Å². The maximum atomic E-state index is 4.47. The Balaban J connectivity index is 1.91. The average Bonchev–Trinajstić information content (AvgIpc) is 3.10. The van der Waals surface area contributed by atoms with Crippen LogP contribution in [0, 0.1) is 5.41 Å². The standard InChI is InChI=1S/C13H20N2S/c1-2-15(10-13(11-16)5-6-13)9-12-3-7-14-8-4-12/h3-4,7-8,16H,2,5-6,9-11H2,1H3. The summed E-state index contributed by atoms with van der Waals surface area (Å²) in [6.45, 7) is 5.57. The zero-order chi connectivity index (χ0) is 11.4. The van der Waals surface area contributed by atoms with Gasteiger partial charge in [0.15, 0.2) is 0 Å². The van der Waals surface area contributed by atoms with Gasteiger partial charge in [-0.05, 0) is 48.3 Å². The summed E-state index contributed by atoms with van der Waals surface area (Å²) in [5.41, 5.74) is 1.87. The van der Waals surface area contributed by atoms with E-state index < -0.39 is 0 Å². The molecule has 88 valence electrons. The van der Waals surface area contributed by atoms with Gasteiger partial charge in [-0.2, -0.15) is 12.6 Å². The van der Waals surface area contributed by atoms with Crippen molar-refractivity contribution in [3.05, 3.63) is 30.1 Å². The number of thiol groups is 1. The Kier molecular flexibility index (Phi) is 3.87. The second kappa shape index (κ2) is 5.19. The highest BCUT2D eigenvalue weighted by atomic mass is 32.1. The third kappa shape index (κ3) is 2.98. The van der Waals surface area contributed by atoms with Crippen LogP contribution in [0.25, 0.3) is 0 Å². The van der Waals surface area contributed by atoms with E-state index in [1.165, 1.54) is 24.9 Å². The molecule has 0 unspecified atom stereocenters. The number of nitrogens with zero attached hydrogens (tertiary/aromatic N) is 2. The Labute approximate surface area is 103 Å². The van der Waals surface area contributed by atoms with Crippen molar-refractivity contribution in [2.24, 2.45) is 5.41 Å². The van der Waals surface area contributed by atoms with Crippen LogP contribution in [-0.4, -0.2) is 28.7 Å². The summed E-state index contributed by atoms with van der Waals surface area (Å²) in [6.07, 6.45) is 6.44. The molecular formula is C13H20N2S. The highest BCUT2D eigenvalue weighted by Gasteiger charge is 2.42. The Morgan fingerprint density at radius 2 is 2.06 bits per heavy atom. The lowest BCUT2D eigenvalue weighted by Gasteiger charge is -2.25. The van der Waals surface area contributed by atoms with Gasteiger partial charge in [-0.15, -0.1) is 0 Å². The highest BCUT2D eigenvalue weighted by Crippen LogP contribution is 2.47. The Morgan fingerprint density at radius 1 is 1.38 bits per heavy atom. The maximum Gasteiger partial charge on any atom is 0.0271 e. The van der Waals surface area contributed by atoms with Crippen molar-refractivity contribution in [3.63, 3.8) is 0 Å². The van der Waals surface area contributed by atoms with E-state index in [1.807, 2.05) is 12.4 Å². The summed E-state index contributed by atoms with van der Waals surface area (Å²) >= 11 is 4.47. The quantitative estimate of drug-likeness (QED) is 0.764. The lowest BCUT2D eigenvalue weighted by molar-refractivity contribution is 0.233. The molecule has 0 atom stereocenters. The fourth-order valence-corrected chi connectivity index (χ4v) is 2.46. The molecule has 1 saturated carbocycles. The molecule has 0 bridgehead atoms. The molecule has 0 N–H and O–H groups in total. The van der Waals surface area contributed by atoms with Crippen LogP contribution in [0.4, 0.5) is 0 Å². The molecule has 1 aromatic rings. The van der Waals surface area contributed by atoms with Crippen LogP contribution in [0.15, 0.2) is 24.5 Å². The predicted octanol–water partition coefficient (Wildman–Crippen LogP) is 2.61. The van der Waals surface area contributed by atoms with Crippen LogP contribution in [0.2, 0.25) is 0 Å². The smallest absolute Gasteiger partial charge is 0.0271 e. The highest BCUT2D eigenvalue weighted by molar-refractivity contribution is 7.80. The normalized spacial score (nSPS) is 17.7. The zero-order valence-corrected chi connectivity index (χ0v) is 10.8. The minimum absolute atomic E-state index is 0.520. The van der Waals surface area contributed by atoms with Gasteiger partial charge in [0.1, 0.15) is 0 Å². The largest absolute Gasteiger partial charge is 0.299 e. The fraction of sp³-hybridized carbons (Fsp3) is 0.615. The Morgan fingerprint density at radius 3 is 2.56 bits per heavy atom. The van der Waals surface area contributed by atoms with Crippen molar-refractivity contribution in [1.82, 2.24) is 9.88 Å². The van der Waals surface area contributed by atoms with Gasteiger partial charge >= 0.3 is 0 Å². The van der Waals surface area contributed by atoms with Gasteiger partial charge in [0, 0.05) is 25.5 Å². The molecule has 0 radical (unpaired) electrons. The van der Waals surface area contributed by atoms with Gasteiger partial charge in [-0.1, -0.05) is 6.92 Å². The van der Waals surface area contributed by atoms with E-state index in [4.69, 9.17) is 0 Å². The fourth-order valence-electron chi connectivity index (χ4n) is 2.04. The first-order valence-electron chi connectivity index (χ1n) is 6.00. The van der Waals surface area contributed by atoms with E-state index in [0.717, 1.165) is 18.8 Å². The average molecular weight is 236 g/mol. The van der Waals surface area contributed by atoms with Crippen molar-refractivity contribution < 1.29 is 0 Å². The number of hydrogen-bond donors (Lipinski definition) is 1. The molecular weight excluding hydrogens is 216 g/mol. The second-order valence-electron chi connectivity index (χ2n) is 4.82. The van der Waals surface area contributed by atoms with E-state index in [0.29, 0.717) is 5.41 Å². The number of aromatic nitrogens is 1. The van der Waals surface area contributed by atoms with E-state index in [1.54, 1.807) is 0 Å². The summed E-state index contributed by atoms with van der Waals surface area (Å²) < 4.78 is 0. The zero-order valence-electron chi connectivity index (χ0n) is 9.89. The van der Waals surface area contributed by atoms with Crippen molar-refractivity contribution >= 4 is 12.6 Å². The van der Waals surface area contributed by atoms with E-state index >= 15 is 0 Å². The van der Waals surface area contributed by atoms with Gasteiger partial charge in [-0.25, -0.2) is 0 Å². The van der Waals surface area contributed by atoms with Crippen LogP contribution >= 0.6 is 12.6 Å². The minimum Gasteiger partial charge on any atom is -0.299 e. The first-order chi connectivity index (χ1) is 7.78. The molecule has 3 heteroatoms. The van der Waals surface area contributed by atoms with Crippen LogP contribution < -0.4 is 0 Å². The monoisotopic (exact) mass is 236 g/mol. The Bertz CT molecular complexity index is 322. The molecule has 1 fully saturated rings. The number of pyridine rings is 1. The minimum atomic E-state index is 0.520. The van der Waals surface area contributed by atoms with Crippen LogP contribution in [0.1, 0.15) is 25.3 Å². The lowest BCUT2D eigenvalue weighted by Crippen LogP contribution is -2.30.